The number of phenols is 2. The maximum Gasteiger partial charge on any atom is 0.226 e. The Morgan fingerprint density at radius 3 is 1.33 bits per heavy atom. The van der Waals surface area contributed by atoms with E-state index in [4.69, 9.17) is 0 Å². The van der Waals surface area contributed by atoms with Gasteiger partial charge in [0.1, 0.15) is 23.6 Å². The molecular weight excluding hydrogens is 508 g/mol. The summed E-state index contributed by atoms with van der Waals surface area (Å²) in [5, 5.41) is 41.5. The van der Waals surface area contributed by atoms with Gasteiger partial charge < -0.3 is 10.2 Å². The van der Waals surface area contributed by atoms with E-state index in [1.165, 1.54) is 12.2 Å². The molecular formula is C32H40N2O4S. The Labute approximate surface area is 233 Å². The average molecular weight is 549 g/mol. The van der Waals surface area contributed by atoms with Crippen molar-refractivity contribution in [3.8, 4) is 23.6 Å². The second-order valence-corrected chi connectivity index (χ2v) is 14.5. The molecule has 208 valence electrons. The van der Waals surface area contributed by atoms with E-state index in [9.17, 15) is 29.2 Å². The maximum absolute atomic E-state index is 13.6. The van der Waals surface area contributed by atoms with Crippen molar-refractivity contribution in [3.63, 3.8) is 0 Å². The van der Waals surface area contributed by atoms with Crippen molar-refractivity contribution in [3.05, 3.63) is 67.5 Å². The Morgan fingerprint density at radius 1 is 0.718 bits per heavy atom. The van der Waals surface area contributed by atoms with Gasteiger partial charge >= 0.3 is 0 Å². The van der Waals surface area contributed by atoms with Crippen LogP contribution in [0.15, 0.2) is 34.1 Å². The van der Waals surface area contributed by atoms with Crippen LogP contribution in [0, 0.1) is 22.7 Å². The molecule has 2 aromatic rings. The van der Waals surface area contributed by atoms with Crippen LogP contribution in [-0.2, 0) is 20.7 Å². The van der Waals surface area contributed by atoms with Crippen LogP contribution < -0.4 is 0 Å². The summed E-state index contributed by atoms with van der Waals surface area (Å²) in [6.45, 7) is 19.3. The minimum Gasteiger partial charge on any atom is -0.507 e. The smallest absolute Gasteiger partial charge is 0.226 e. The Bertz CT molecular complexity index is 1450. The lowest BCUT2D eigenvalue weighted by Gasteiger charge is -2.28. The molecule has 0 aliphatic carbocycles. The van der Waals surface area contributed by atoms with Gasteiger partial charge in [-0.15, -0.1) is 0 Å². The molecule has 6 nitrogen and oxygen atoms in total. The summed E-state index contributed by atoms with van der Waals surface area (Å²) in [5.74, 6) is 0.236. The predicted octanol–water partition coefficient (Wildman–Crippen LogP) is 7.78. The van der Waals surface area contributed by atoms with Gasteiger partial charge in [0.2, 0.25) is 9.84 Å². The molecule has 7 heteroatoms. The average Bonchev–Trinajstić information content (AvgIpc) is 2.80. The maximum atomic E-state index is 13.6. The molecule has 0 saturated heterocycles. The van der Waals surface area contributed by atoms with Gasteiger partial charge in [0.15, 0.2) is 9.81 Å². The van der Waals surface area contributed by atoms with Crippen LogP contribution in [0.25, 0.3) is 12.2 Å². The molecule has 0 unspecified atom stereocenters. The van der Waals surface area contributed by atoms with Gasteiger partial charge in [0.05, 0.1) is 0 Å². The number of allylic oxidation sites excluding steroid dienone is 2. The zero-order valence-corrected chi connectivity index (χ0v) is 25.4. The van der Waals surface area contributed by atoms with Crippen molar-refractivity contribution < 1.29 is 18.6 Å². The lowest BCUT2D eigenvalue weighted by atomic mass is 9.78. The first-order chi connectivity index (χ1) is 17.7. The number of hydrogen-bond donors (Lipinski definition) is 2. The Balaban J connectivity index is 2.81. The standard InChI is InChI=1S/C32H40N2O4S/c1-19(2)25-13-21(14-26(20(3)4)29(25)35)11-23(17-33)39(37,38)24(18-34)12-22-15-27(31(5,6)7)30(36)28(16-22)32(8,9)10/h11-16,19-20,35-36H,1-10H3/b23-11+,24-12+. The highest BCUT2D eigenvalue weighted by Gasteiger charge is 2.28. The van der Waals surface area contributed by atoms with Crippen LogP contribution in [0.1, 0.15) is 114 Å². The van der Waals surface area contributed by atoms with E-state index in [-0.39, 0.29) is 23.3 Å². The topological polar surface area (TPSA) is 122 Å². The molecule has 2 rings (SSSR count). The first-order valence-electron chi connectivity index (χ1n) is 13.0. The Morgan fingerprint density at radius 2 is 1.05 bits per heavy atom. The summed E-state index contributed by atoms with van der Waals surface area (Å²) in [4.78, 5) is -1.15. The van der Waals surface area contributed by atoms with E-state index in [0.717, 1.165) is 0 Å². The van der Waals surface area contributed by atoms with Crippen molar-refractivity contribution in [2.45, 2.75) is 91.9 Å². The van der Waals surface area contributed by atoms with Crippen molar-refractivity contribution in [2.24, 2.45) is 0 Å². The first kappa shape index (κ1) is 31.7. The molecule has 0 saturated carbocycles. The number of nitriles is 2. The monoisotopic (exact) mass is 548 g/mol. The second kappa shape index (κ2) is 11.3. The van der Waals surface area contributed by atoms with Gasteiger partial charge in [-0.05, 0) is 81.3 Å². The van der Waals surface area contributed by atoms with E-state index in [2.05, 4.69) is 0 Å². The number of phenolic OH excluding ortho intramolecular Hbond substituents is 2. The van der Waals surface area contributed by atoms with E-state index in [0.29, 0.717) is 33.4 Å². The lowest BCUT2D eigenvalue weighted by Crippen LogP contribution is -2.17. The van der Waals surface area contributed by atoms with Crippen LogP contribution in [-0.4, -0.2) is 18.6 Å². The molecule has 0 fully saturated rings. The molecule has 0 aliphatic heterocycles. The third kappa shape index (κ3) is 6.91. The summed E-state index contributed by atoms with van der Waals surface area (Å²) in [7, 11) is -4.47. The van der Waals surface area contributed by atoms with Crippen molar-refractivity contribution >= 4 is 22.0 Å². The zero-order valence-electron chi connectivity index (χ0n) is 24.6. The summed E-state index contributed by atoms with van der Waals surface area (Å²) in [6.07, 6.45) is 2.50. The number of benzene rings is 2. The first-order valence-corrected chi connectivity index (χ1v) is 14.5. The molecule has 0 aliphatic rings. The molecule has 0 aromatic heterocycles. The molecule has 2 aromatic carbocycles. The van der Waals surface area contributed by atoms with Crippen LogP contribution in [0.4, 0.5) is 0 Å². The summed E-state index contributed by atoms with van der Waals surface area (Å²) < 4.78 is 27.1. The van der Waals surface area contributed by atoms with E-state index in [1.54, 1.807) is 36.4 Å². The molecule has 0 amide bonds. The third-order valence-corrected chi connectivity index (χ3v) is 8.15. The van der Waals surface area contributed by atoms with Gasteiger partial charge in [0, 0.05) is 11.1 Å². The third-order valence-electron chi connectivity index (χ3n) is 6.58. The fourth-order valence-electron chi connectivity index (χ4n) is 4.31. The number of rotatable bonds is 6. The van der Waals surface area contributed by atoms with Crippen molar-refractivity contribution in [2.75, 3.05) is 0 Å². The summed E-state index contributed by atoms with van der Waals surface area (Å²) in [6, 6.07) is 10.2. The van der Waals surface area contributed by atoms with Gasteiger partial charge in [-0.3, -0.25) is 0 Å². The number of aromatic hydroxyl groups is 2. The van der Waals surface area contributed by atoms with Crippen LogP contribution in [0.3, 0.4) is 0 Å². The highest BCUT2D eigenvalue weighted by molar-refractivity contribution is 7.99. The number of hydrogen-bond acceptors (Lipinski definition) is 6. The number of nitrogens with zero attached hydrogens (tertiary/aromatic N) is 2. The van der Waals surface area contributed by atoms with Crippen LogP contribution >= 0.6 is 0 Å². The fraction of sp³-hybridized carbons (Fsp3) is 0.438. The number of sulfone groups is 1. The van der Waals surface area contributed by atoms with Crippen LogP contribution in [0.5, 0.6) is 11.5 Å². The minimum absolute atomic E-state index is 0.0314. The normalized spacial score (nSPS) is 13.5. The molecule has 0 heterocycles. The van der Waals surface area contributed by atoms with Crippen molar-refractivity contribution in [1.82, 2.24) is 0 Å². The highest BCUT2D eigenvalue weighted by atomic mass is 32.2. The van der Waals surface area contributed by atoms with E-state index in [1.807, 2.05) is 69.2 Å². The zero-order chi connectivity index (χ0) is 30.1. The van der Waals surface area contributed by atoms with Gasteiger partial charge in [-0.25, -0.2) is 8.42 Å². The van der Waals surface area contributed by atoms with E-state index < -0.39 is 30.5 Å². The summed E-state index contributed by atoms with van der Waals surface area (Å²) in [5.41, 5.74) is 2.54. The molecule has 39 heavy (non-hydrogen) atoms. The van der Waals surface area contributed by atoms with Gasteiger partial charge in [0.25, 0.3) is 0 Å². The molecule has 0 spiro atoms. The SMILES string of the molecule is CC(C)c1cc(/C=C(\C#N)S(=O)(=O)/C(C#N)=C/c2cc(C(C)(C)C)c(O)c(C(C)(C)C)c2)cc(C(C)C)c1O. The molecule has 0 radical (unpaired) electrons. The van der Waals surface area contributed by atoms with Gasteiger partial charge in [-0.1, -0.05) is 69.2 Å². The molecule has 0 bridgehead atoms. The Kier molecular flexibility index (Phi) is 9.16. The van der Waals surface area contributed by atoms with E-state index >= 15 is 0 Å². The van der Waals surface area contributed by atoms with Crippen LogP contribution in [0.2, 0.25) is 0 Å². The summed E-state index contributed by atoms with van der Waals surface area (Å²) >= 11 is 0. The molecule has 2 N–H and O–H groups in total. The lowest BCUT2D eigenvalue weighted by molar-refractivity contribution is 0.423. The van der Waals surface area contributed by atoms with Crippen molar-refractivity contribution in [1.29, 1.82) is 10.5 Å². The largest absolute Gasteiger partial charge is 0.507 e. The molecule has 0 atom stereocenters. The second-order valence-electron chi connectivity index (χ2n) is 12.6. The minimum atomic E-state index is -4.47. The predicted molar refractivity (Wildman–Crippen MR) is 158 cm³/mol. The fourth-order valence-corrected chi connectivity index (χ4v) is 5.37. The Hall–Kier alpha value is -3.55. The highest BCUT2D eigenvalue weighted by Crippen LogP contribution is 2.41. The van der Waals surface area contributed by atoms with Gasteiger partial charge in [-0.2, -0.15) is 10.5 Å². The quantitative estimate of drug-likeness (QED) is 0.355.